The molecule has 2 N–H and O–H groups in total. The van der Waals surface area contributed by atoms with Gasteiger partial charge in [-0.25, -0.2) is 0 Å². The molecule has 0 aromatic carbocycles. The Bertz CT molecular complexity index is 326. The molecule has 3 unspecified atom stereocenters. The highest BCUT2D eigenvalue weighted by Crippen LogP contribution is 2.29. The summed E-state index contributed by atoms with van der Waals surface area (Å²) in [5, 5.41) is 11.9. The fraction of sp³-hybridized carbons (Fsp3) is 0.818. The monoisotopic (exact) mass is 243 g/mol. The zero-order valence-electron chi connectivity index (χ0n) is 9.77. The van der Waals surface area contributed by atoms with Crippen LogP contribution in [0.5, 0.6) is 0 Å². The van der Waals surface area contributed by atoms with E-state index in [9.17, 15) is 9.59 Å². The van der Waals surface area contributed by atoms with Gasteiger partial charge in [0.2, 0.25) is 5.91 Å². The van der Waals surface area contributed by atoms with Crippen molar-refractivity contribution in [2.45, 2.75) is 19.4 Å². The van der Waals surface area contributed by atoms with Crippen LogP contribution in [0.3, 0.4) is 0 Å². The third-order valence-electron chi connectivity index (χ3n) is 3.56. The van der Waals surface area contributed by atoms with Gasteiger partial charge in [-0.3, -0.25) is 9.59 Å². The molecule has 2 fully saturated rings. The second-order valence-corrected chi connectivity index (χ2v) is 4.86. The SMILES string of the molecule is CC1(C(=O)O)COCC1NC(=O)C1CCOC1. The van der Waals surface area contributed by atoms with E-state index in [1.807, 2.05) is 0 Å². The number of hydrogen-bond donors (Lipinski definition) is 2. The van der Waals surface area contributed by atoms with Crippen LogP contribution in [0.2, 0.25) is 0 Å². The molecular formula is C11H17NO5. The van der Waals surface area contributed by atoms with E-state index in [0.29, 0.717) is 19.6 Å². The summed E-state index contributed by atoms with van der Waals surface area (Å²) in [5.41, 5.74) is -1.03. The van der Waals surface area contributed by atoms with Gasteiger partial charge in [0, 0.05) is 6.61 Å². The third-order valence-corrected chi connectivity index (χ3v) is 3.56. The first kappa shape index (κ1) is 12.3. The van der Waals surface area contributed by atoms with Gasteiger partial charge >= 0.3 is 5.97 Å². The van der Waals surface area contributed by atoms with Crippen molar-refractivity contribution >= 4 is 11.9 Å². The van der Waals surface area contributed by atoms with Crippen LogP contribution in [0.25, 0.3) is 0 Å². The average molecular weight is 243 g/mol. The number of carboxylic acids is 1. The lowest BCUT2D eigenvalue weighted by Gasteiger charge is -2.26. The Hall–Kier alpha value is -1.14. The topological polar surface area (TPSA) is 84.9 Å². The molecule has 0 radical (unpaired) electrons. The van der Waals surface area contributed by atoms with Crippen LogP contribution in [0.1, 0.15) is 13.3 Å². The molecule has 0 aromatic heterocycles. The predicted octanol–water partition coefficient (Wildman–Crippen LogP) is -0.371. The summed E-state index contributed by atoms with van der Waals surface area (Å²) in [6.07, 6.45) is 0.698. The first-order valence-electron chi connectivity index (χ1n) is 5.73. The second kappa shape index (κ2) is 4.62. The molecular weight excluding hydrogens is 226 g/mol. The molecule has 96 valence electrons. The lowest BCUT2D eigenvalue weighted by Crippen LogP contribution is -2.51. The average Bonchev–Trinajstić information content (AvgIpc) is 2.89. The van der Waals surface area contributed by atoms with E-state index in [2.05, 4.69) is 5.32 Å². The van der Waals surface area contributed by atoms with Crippen LogP contribution in [0.15, 0.2) is 0 Å². The maximum absolute atomic E-state index is 11.9. The molecule has 3 atom stereocenters. The molecule has 6 heteroatoms. The van der Waals surface area contributed by atoms with E-state index < -0.39 is 17.4 Å². The van der Waals surface area contributed by atoms with Gasteiger partial charge in [0.25, 0.3) is 0 Å². The minimum absolute atomic E-state index is 0.133. The summed E-state index contributed by atoms with van der Waals surface area (Å²) in [6, 6.07) is -0.465. The maximum atomic E-state index is 11.9. The molecule has 6 nitrogen and oxygen atoms in total. The molecule has 0 saturated carbocycles. The lowest BCUT2D eigenvalue weighted by atomic mass is 9.85. The van der Waals surface area contributed by atoms with Gasteiger partial charge in [0.05, 0.1) is 31.8 Å². The van der Waals surface area contributed by atoms with E-state index in [1.165, 1.54) is 0 Å². The smallest absolute Gasteiger partial charge is 0.313 e. The molecule has 0 bridgehead atoms. The number of nitrogens with one attached hydrogen (secondary N) is 1. The highest BCUT2D eigenvalue weighted by Gasteiger charge is 2.47. The Labute approximate surface area is 99.3 Å². The molecule has 0 spiro atoms. The van der Waals surface area contributed by atoms with E-state index in [0.717, 1.165) is 0 Å². The lowest BCUT2D eigenvalue weighted by molar-refractivity contribution is -0.149. The standard InChI is InChI=1S/C11H17NO5/c1-11(10(14)15)6-17-5-8(11)12-9(13)7-2-3-16-4-7/h7-8H,2-6H2,1H3,(H,12,13)(H,14,15). The van der Waals surface area contributed by atoms with Gasteiger partial charge < -0.3 is 19.9 Å². The normalized spacial score (nSPS) is 37.0. The second-order valence-electron chi connectivity index (χ2n) is 4.86. The minimum Gasteiger partial charge on any atom is -0.481 e. The third kappa shape index (κ3) is 2.28. The number of carbonyl (C=O) groups excluding carboxylic acids is 1. The summed E-state index contributed by atoms with van der Waals surface area (Å²) < 4.78 is 10.3. The van der Waals surface area contributed by atoms with Crippen molar-refractivity contribution in [1.82, 2.24) is 5.32 Å². The van der Waals surface area contributed by atoms with Gasteiger partial charge in [-0.15, -0.1) is 0 Å². The Morgan fingerprint density at radius 2 is 2.12 bits per heavy atom. The van der Waals surface area contributed by atoms with Crippen molar-refractivity contribution in [2.24, 2.45) is 11.3 Å². The van der Waals surface area contributed by atoms with E-state index in [-0.39, 0.29) is 25.0 Å². The van der Waals surface area contributed by atoms with Crippen molar-refractivity contribution < 1.29 is 24.2 Å². The number of carboxylic acid groups (broad SMARTS) is 1. The Morgan fingerprint density at radius 1 is 1.35 bits per heavy atom. The van der Waals surface area contributed by atoms with Gasteiger partial charge in [-0.1, -0.05) is 0 Å². The largest absolute Gasteiger partial charge is 0.481 e. The summed E-state index contributed by atoms with van der Waals surface area (Å²) in [5.74, 6) is -1.23. The van der Waals surface area contributed by atoms with Crippen molar-refractivity contribution in [1.29, 1.82) is 0 Å². The van der Waals surface area contributed by atoms with Crippen LogP contribution in [-0.2, 0) is 19.1 Å². The Morgan fingerprint density at radius 3 is 2.71 bits per heavy atom. The number of rotatable bonds is 3. The van der Waals surface area contributed by atoms with Gasteiger partial charge in [0.15, 0.2) is 0 Å². The molecule has 2 heterocycles. The van der Waals surface area contributed by atoms with Gasteiger partial charge in [-0.05, 0) is 13.3 Å². The zero-order valence-corrected chi connectivity index (χ0v) is 9.77. The van der Waals surface area contributed by atoms with Crippen molar-refractivity contribution in [3.05, 3.63) is 0 Å². The summed E-state index contributed by atoms with van der Waals surface area (Å²) in [6.45, 7) is 2.99. The highest BCUT2D eigenvalue weighted by atomic mass is 16.5. The molecule has 17 heavy (non-hydrogen) atoms. The molecule has 0 aliphatic carbocycles. The first-order chi connectivity index (χ1) is 8.04. The minimum atomic E-state index is -1.03. The quantitative estimate of drug-likeness (QED) is 0.706. The fourth-order valence-electron chi connectivity index (χ4n) is 2.12. The van der Waals surface area contributed by atoms with Crippen molar-refractivity contribution in [3.8, 4) is 0 Å². The number of aliphatic carboxylic acids is 1. The molecule has 2 rings (SSSR count). The Kier molecular flexibility index (Phi) is 3.35. The molecule has 2 aliphatic rings. The van der Waals surface area contributed by atoms with Gasteiger partial charge in [0.1, 0.15) is 5.41 Å². The van der Waals surface area contributed by atoms with E-state index in [1.54, 1.807) is 6.92 Å². The van der Waals surface area contributed by atoms with Crippen molar-refractivity contribution in [3.63, 3.8) is 0 Å². The van der Waals surface area contributed by atoms with Gasteiger partial charge in [-0.2, -0.15) is 0 Å². The van der Waals surface area contributed by atoms with E-state index in [4.69, 9.17) is 14.6 Å². The number of hydrogen-bond acceptors (Lipinski definition) is 4. The molecule has 2 aliphatic heterocycles. The Balaban J connectivity index is 1.98. The summed E-state index contributed by atoms with van der Waals surface area (Å²) >= 11 is 0. The predicted molar refractivity (Wildman–Crippen MR) is 57.4 cm³/mol. The fourth-order valence-corrected chi connectivity index (χ4v) is 2.12. The van der Waals surface area contributed by atoms with E-state index >= 15 is 0 Å². The molecule has 2 saturated heterocycles. The van der Waals surface area contributed by atoms with Crippen molar-refractivity contribution in [2.75, 3.05) is 26.4 Å². The number of ether oxygens (including phenoxy) is 2. The number of amides is 1. The summed E-state index contributed by atoms with van der Waals surface area (Å²) in [7, 11) is 0. The highest BCUT2D eigenvalue weighted by molar-refractivity contribution is 5.82. The maximum Gasteiger partial charge on any atom is 0.313 e. The van der Waals surface area contributed by atoms with Crippen LogP contribution in [0, 0.1) is 11.3 Å². The van der Waals surface area contributed by atoms with Crippen LogP contribution in [-0.4, -0.2) is 49.5 Å². The first-order valence-corrected chi connectivity index (χ1v) is 5.73. The molecule has 1 amide bonds. The van der Waals surface area contributed by atoms with Crippen LogP contribution < -0.4 is 5.32 Å². The van der Waals surface area contributed by atoms with Crippen LogP contribution in [0.4, 0.5) is 0 Å². The number of carbonyl (C=O) groups is 2. The van der Waals surface area contributed by atoms with Crippen LogP contribution >= 0.6 is 0 Å². The summed E-state index contributed by atoms with van der Waals surface area (Å²) in [4.78, 5) is 23.1. The molecule has 0 aromatic rings. The zero-order chi connectivity index (χ0) is 12.5.